The van der Waals surface area contributed by atoms with Gasteiger partial charge in [-0.15, -0.1) is 5.10 Å². The van der Waals surface area contributed by atoms with Crippen molar-refractivity contribution in [3.05, 3.63) is 33.8 Å². The number of nitrogens with zero attached hydrogens (tertiary/aromatic N) is 4. The van der Waals surface area contributed by atoms with E-state index in [-0.39, 0.29) is 12.0 Å². The Labute approximate surface area is 186 Å². The summed E-state index contributed by atoms with van der Waals surface area (Å²) in [5.74, 6) is 0.661. The molecular formula is C21H29N5O2S2. The van der Waals surface area contributed by atoms with Crippen LogP contribution in [-0.2, 0) is 16.2 Å². The molecule has 1 N–H and O–H groups in total. The standard InChI is InChI=1S/C21H29N5O2S2/c1-15(2)16-5-7-17(8-6-16)22-20-23-26(21(29)30-20)14-24-9-11-25(12-10-24)19(27)18-4-3-13-28-18/h5-8,15,18H,3-4,9-14H2,1-2H3,(H,22,23)/t18-/m1/s1. The average Bonchev–Trinajstić information content (AvgIpc) is 3.39. The van der Waals surface area contributed by atoms with Gasteiger partial charge in [-0.25, -0.2) is 4.68 Å². The van der Waals surface area contributed by atoms with Crippen molar-refractivity contribution in [1.82, 2.24) is 19.6 Å². The quantitative estimate of drug-likeness (QED) is 0.680. The van der Waals surface area contributed by atoms with E-state index in [0.717, 1.165) is 53.8 Å². The van der Waals surface area contributed by atoms with E-state index >= 15 is 0 Å². The number of nitrogens with one attached hydrogen (secondary N) is 1. The summed E-state index contributed by atoms with van der Waals surface area (Å²) in [5.41, 5.74) is 2.33. The van der Waals surface area contributed by atoms with E-state index < -0.39 is 0 Å². The second-order valence-corrected chi connectivity index (χ2v) is 9.78. The maximum absolute atomic E-state index is 12.5. The number of carbonyl (C=O) groups is 1. The maximum atomic E-state index is 12.5. The van der Waals surface area contributed by atoms with Crippen molar-refractivity contribution < 1.29 is 9.53 Å². The summed E-state index contributed by atoms with van der Waals surface area (Å²) in [6.45, 7) is 8.81. The van der Waals surface area contributed by atoms with Crippen LogP contribution in [0.4, 0.5) is 10.8 Å². The Balaban J connectivity index is 1.31. The van der Waals surface area contributed by atoms with E-state index in [1.165, 1.54) is 16.9 Å². The van der Waals surface area contributed by atoms with Crippen LogP contribution in [0.25, 0.3) is 0 Å². The highest BCUT2D eigenvalue weighted by Gasteiger charge is 2.30. The first-order valence-electron chi connectivity index (χ1n) is 10.6. The van der Waals surface area contributed by atoms with Crippen LogP contribution in [0, 0.1) is 3.95 Å². The molecule has 30 heavy (non-hydrogen) atoms. The topological polar surface area (TPSA) is 62.6 Å². The summed E-state index contributed by atoms with van der Waals surface area (Å²) in [6, 6.07) is 8.43. The third-order valence-corrected chi connectivity index (χ3v) is 6.88. The van der Waals surface area contributed by atoms with Gasteiger partial charge in [0, 0.05) is 38.5 Å². The fourth-order valence-corrected chi connectivity index (χ4v) is 4.81. The zero-order chi connectivity index (χ0) is 21.1. The molecule has 162 valence electrons. The van der Waals surface area contributed by atoms with Crippen molar-refractivity contribution in [2.45, 2.75) is 45.4 Å². The molecule has 0 aliphatic carbocycles. The minimum atomic E-state index is -0.230. The zero-order valence-electron chi connectivity index (χ0n) is 17.5. The molecule has 2 aliphatic heterocycles. The summed E-state index contributed by atoms with van der Waals surface area (Å²) in [7, 11) is 0. The normalized spacial score (nSPS) is 20.1. The first kappa shape index (κ1) is 21.4. The van der Waals surface area contributed by atoms with Gasteiger partial charge >= 0.3 is 0 Å². The van der Waals surface area contributed by atoms with Crippen molar-refractivity contribution in [2.75, 3.05) is 38.1 Å². The number of benzene rings is 1. The van der Waals surface area contributed by atoms with Crippen LogP contribution in [0.2, 0.25) is 0 Å². The Hall–Kier alpha value is -1.81. The molecule has 2 saturated heterocycles. The van der Waals surface area contributed by atoms with E-state index in [1.807, 2.05) is 9.58 Å². The lowest BCUT2D eigenvalue weighted by Crippen LogP contribution is -2.51. The second kappa shape index (κ2) is 9.55. The Bertz CT molecular complexity index is 910. The van der Waals surface area contributed by atoms with Crippen LogP contribution in [0.1, 0.15) is 38.2 Å². The summed E-state index contributed by atoms with van der Waals surface area (Å²) >= 11 is 7.00. The van der Waals surface area contributed by atoms with Gasteiger partial charge in [0.25, 0.3) is 5.91 Å². The number of piperazine rings is 1. The first-order chi connectivity index (χ1) is 14.5. The SMILES string of the molecule is CC(C)c1ccc(Nc2nn(CN3CCN(C(=O)[C@H]4CCCO4)CC3)c(=S)s2)cc1. The molecule has 7 nitrogen and oxygen atoms in total. The predicted octanol–water partition coefficient (Wildman–Crippen LogP) is 3.82. The number of hydrogen-bond donors (Lipinski definition) is 1. The molecule has 2 aliphatic rings. The van der Waals surface area contributed by atoms with Gasteiger partial charge in [-0.05, 0) is 48.7 Å². The van der Waals surface area contributed by atoms with Gasteiger partial charge in [0.2, 0.25) is 5.13 Å². The molecule has 0 bridgehead atoms. The Morgan fingerprint density at radius 1 is 1.27 bits per heavy atom. The molecule has 3 heterocycles. The number of ether oxygens (including phenoxy) is 1. The van der Waals surface area contributed by atoms with Crippen LogP contribution in [0.15, 0.2) is 24.3 Å². The van der Waals surface area contributed by atoms with Crippen molar-refractivity contribution in [2.24, 2.45) is 0 Å². The van der Waals surface area contributed by atoms with Gasteiger partial charge < -0.3 is 15.0 Å². The number of amides is 1. The number of aromatic nitrogens is 2. The molecule has 2 fully saturated rings. The minimum Gasteiger partial charge on any atom is -0.368 e. The lowest BCUT2D eigenvalue weighted by molar-refractivity contribution is -0.142. The van der Waals surface area contributed by atoms with E-state index in [2.05, 4.69) is 53.4 Å². The van der Waals surface area contributed by atoms with E-state index in [4.69, 9.17) is 17.0 Å². The van der Waals surface area contributed by atoms with Gasteiger partial charge in [0.05, 0.1) is 6.67 Å². The van der Waals surface area contributed by atoms with Gasteiger partial charge in [-0.1, -0.05) is 37.3 Å². The molecule has 0 unspecified atom stereocenters. The van der Waals surface area contributed by atoms with E-state index in [1.54, 1.807) is 0 Å². The average molecular weight is 448 g/mol. The highest BCUT2D eigenvalue weighted by Crippen LogP contribution is 2.23. The summed E-state index contributed by atoms with van der Waals surface area (Å²) < 4.78 is 8.15. The first-order valence-corrected chi connectivity index (χ1v) is 11.8. The molecule has 1 atom stereocenters. The number of rotatable bonds is 6. The molecule has 0 spiro atoms. The third kappa shape index (κ3) is 5.08. The maximum Gasteiger partial charge on any atom is 0.251 e. The fourth-order valence-electron chi connectivity index (χ4n) is 3.80. The van der Waals surface area contributed by atoms with E-state index in [0.29, 0.717) is 19.2 Å². The van der Waals surface area contributed by atoms with Crippen molar-refractivity contribution in [3.63, 3.8) is 0 Å². The Morgan fingerprint density at radius 2 is 2.00 bits per heavy atom. The van der Waals surface area contributed by atoms with Gasteiger partial charge in [-0.3, -0.25) is 9.69 Å². The molecule has 9 heteroatoms. The molecule has 1 amide bonds. The van der Waals surface area contributed by atoms with Gasteiger partial charge in [0.1, 0.15) is 6.10 Å². The van der Waals surface area contributed by atoms with E-state index in [9.17, 15) is 4.79 Å². The minimum absolute atomic E-state index is 0.146. The van der Waals surface area contributed by atoms with Crippen LogP contribution in [-0.4, -0.2) is 64.4 Å². The van der Waals surface area contributed by atoms with Crippen LogP contribution in [0.5, 0.6) is 0 Å². The predicted molar refractivity (Wildman–Crippen MR) is 122 cm³/mol. The highest BCUT2D eigenvalue weighted by molar-refractivity contribution is 7.73. The van der Waals surface area contributed by atoms with Crippen LogP contribution in [0.3, 0.4) is 0 Å². The lowest BCUT2D eigenvalue weighted by atomic mass is 10.0. The molecule has 2 aromatic rings. The molecule has 1 aromatic heterocycles. The van der Waals surface area contributed by atoms with Crippen molar-refractivity contribution in [1.29, 1.82) is 0 Å². The number of anilines is 2. The zero-order valence-corrected chi connectivity index (χ0v) is 19.2. The van der Waals surface area contributed by atoms with Crippen LogP contribution >= 0.6 is 23.6 Å². The Kier molecular flexibility index (Phi) is 6.82. The van der Waals surface area contributed by atoms with Gasteiger partial charge in [-0.2, -0.15) is 0 Å². The van der Waals surface area contributed by atoms with Gasteiger partial charge in [0.15, 0.2) is 3.95 Å². The second-order valence-electron chi connectivity index (χ2n) is 8.16. The highest BCUT2D eigenvalue weighted by atomic mass is 32.1. The third-order valence-electron chi connectivity index (χ3n) is 5.66. The van der Waals surface area contributed by atoms with Crippen LogP contribution < -0.4 is 5.32 Å². The summed E-state index contributed by atoms with van der Waals surface area (Å²) in [6.07, 6.45) is 1.60. The van der Waals surface area contributed by atoms with Crippen molar-refractivity contribution >= 4 is 40.3 Å². The molecule has 4 rings (SSSR count). The fraction of sp³-hybridized carbons (Fsp3) is 0.571. The number of carbonyl (C=O) groups excluding carboxylic acids is 1. The molecule has 0 radical (unpaired) electrons. The smallest absolute Gasteiger partial charge is 0.251 e. The monoisotopic (exact) mass is 447 g/mol. The summed E-state index contributed by atoms with van der Waals surface area (Å²) in [5, 5.41) is 8.80. The summed E-state index contributed by atoms with van der Waals surface area (Å²) in [4.78, 5) is 16.7. The van der Waals surface area contributed by atoms with Crippen molar-refractivity contribution in [3.8, 4) is 0 Å². The molecule has 1 aromatic carbocycles. The molecular weight excluding hydrogens is 418 g/mol. The largest absolute Gasteiger partial charge is 0.368 e. The Morgan fingerprint density at radius 3 is 2.63 bits per heavy atom. The molecule has 0 saturated carbocycles. The lowest BCUT2D eigenvalue weighted by Gasteiger charge is -2.35. The number of hydrogen-bond acceptors (Lipinski definition) is 7.